The van der Waals surface area contributed by atoms with Crippen LogP contribution in [0.15, 0.2) is 18.2 Å². The predicted octanol–water partition coefficient (Wildman–Crippen LogP) is 2.00. The number of hydrogen-bond donors (Lipinski definition) is 1. The third-order valence-corrected chi connectivity index (χ3v) is 4.99. The number of carbonyl (C=O) groups excluding carboxylic acids is 1. The molecule has 2 heterocycles. The van der Waals surface area contributed by atoms with Gasteiger partial charge in [0.25, 0.3) is 0 Å². The standard InChI is InChI=1S/C18H22FNO5/c1-12-10-14(19)2-3-15(12)25-18(17(22)23)5-7-20(8-6-18)16(21)13-4-9-24-11-13/h2-3,10,13H,4-9,11H2,1H3,(H,22,23). The van der Waals surface area contributed by atoms with Crippen molar-refractivity contribution in [2.75, 3.05) is 26.3 Å². The van der Waals surface area contributed by atoms with E-state index < -0.39 is 17.4 Å². The fourth-order valence-corrected chi connectivity index (χ4v) is 3.37. The molecule has 0 bridgehead atoms. The topological polar surface area (TPSA) is 76.1 Å². The molecule has 0 aliphatic carbocycles. The predicted molar refractivity (Wildman–Crippen MR) is 86.9 cm³/mol. The molecule has 1 N–H and O–H groups in total. The average molecular weight is 351 g/mol. The highest BCUT2D eigenvalue weighted by Gasteiger charge is 2.46. The molecule has 1 atom stereocenters. The lowest BCUT2D eigenvalue weighted by Crippen LogP contribution is -2.55. The van der Waals surface area contributed by atoms with Crippen molar-refractivity contribution >= 4 is 11.9 Å². The zero-order valence-corrected chi connectivity index (χ0v) is 14.2. The minimum atomic E-state index is -1.40. The molecule has 2 aliphatic heterocycles. The average Bonchev–Trinajstić information content (AvgIpc) is 3.12. The van der Waals surface area contributed by atoms with Crippen LogP contribution in [0.25, 0.3) is 0 Å². The number of carboxylic acids is 1. The summed E-state index contributed by atoms with van der Waals surface area (Å²) >= 11 is 0. The third kappa shape index (κ3) is 3.61. The number of ether oxygens (including phenoxy) is 2. The van der Waals surface area contributed by atoms with Crippen LogP contribution >= 0.6 is 0 Å². The van der Waals surface area contributed by atoms with Gasteiger partial charge in [0.05, 0.1) is 12.5 Å². The first-order valence-corrected chi connectivity index (χ1v) is 8.46. The van der Waals surface area contributed by atoms with Crippen molar-refractivity contribution in [3.63, 3.8) is 0 Å². The molecule has 0 spiro atoms. The van der Waals surface area contributed by atoms with Crippen LogP contribution in [-0.4, -0.2) is 53.8 Å². The Kier molecular flexibility index (Phi) is 4.94. The van der Waals surface area contributed by atoms with E-state index in [1.54, 1.807) is 11.8 Å². The highest BCUT2D eigenvalue weighted by Crippen LogP contribution is 2.32. The number of nitrogens with zero attached hydrogens (tertiary/aromatic N) is 1. The molecule has 7 heteroatoms. The van der Waals surface area contributed by atoms with Gasteiger partial charge in [-0.25, -0.2) is 9.18 Å². The quantitative estimate of drug-likeness (QED) is 0.898. The first-order chi connectivity index (χ1) is 11.9. The van der Waals surface area contributed by atoms with E-state index in [0.29, 0.717) is 44.0 Å². The van der Waals surface area contributed by atoms with E-state index in [2.05, 4.69) is 0 Å². The molecule has 2 aliphatic rings. The molecule has 1 aromatic carbocycles. The van der Waals surface area contributed by atoms with E-state index >= 15 is 0 Å². The summed E-state index contributed by atoms with van der Waals surface area (Å²) in [5, 5.41) is 9.71. The van der Waals surface area contributed by atoms with Crippen molar-refractivity contribution in [1.82, 2.24) is 4.90 Å². The van der Waals surface area contributed by atoms with Crippen molar-refractivity contribution in [3.8, 4) is 5.75 Å². The Hall–Kier alpha value is -2.15. The molecular weight excluding hydrogens is 329 g/mol. The van der Waals surface area contributed by atoms with Crippen LogP contribution in [0.4, 0.5) is 4.39 Å². The summed E-state index contributed by atoms with van der Waals surface area (Å²) in [5.41, 5.74) is -0.854. The summed E-state index contributed by atoms with van der Waals surface area (Å²) in [6, 6.07) is 4.00. The fourth-order valence-electron chi connectivity index (χ4n) is 3.37. The Morgan fingerprint density at radius 3 is 2.64 bits per heavy atom. The molecule has 3 rings (SSSR count). The number of rotatable bonds is 4. The Balaban J connectivity index is 1.70. The third-order valence-electron chi connectivity index (χ3n) is 4.99. The Bertz CT molecular complexity index is 663. The second-order valence-corrected chi connectivity index (χ2v) is 6.70. The number of hydrogen-bond acceptors (Lipinski definition) is 4. The van der Waals surface area contributed by atoms with Gasteiger partial charge in [-0.1, -0.05) is 0 Å². The van der Waals surface area contributed by atoms with Gasteiger partial charge in [-0.05, 0) is 37.1 Å². The van der Waals surface area contributed by atoms with Crippen LogP contribution in [-0.2, 0) is 14.3 Å². The van der Waals surface area contributed by atoms with Crippen LogP contribution in [0.2, 0.25) is 0 Å². The van der Waals surface area contributed by atoms with Gasteiger partial charge in [0, 0.05) is 32.5 Å². The maximum atomic E-state index is 13.2. The summed E-state index contributed by atoms with van der Waals surface area (Å²) in [5.74, 6) is -1.21. The van der Waals surface area contributed by atoms with Gasteiger partial charge in [-0.3, -0.25) is 4.79 Å². The molecule has 1 aromatic rings. The van der Waals surface area contributed by atoms with Crippen LogP contribution in [0.3, 0.4) is 0 Å². The molecule has 25 heavy (non-hydrogen) atoms. The monoisotopic (exact) mass is 351 g/mol. The van der Waals surface area contributed by atoms with Crippen molar-refractivity contribution in [2.24, 2.45) is 5.92 Å². The fraction of sp³-hybridized carbons (Fsp3) is 0.556. The molecule has 1 amide bonds. The van der Waals surface area contributed by atoms with Crippen LogP contribution in [0.5, 0.6) is 5.75 Å². The first-order valence-electron chi connectivity index (χ1n) is 8.46. The number of amides is 1. The molecule has 2 saturated heterocycles. The smallest absolute Gasteiger partial charge is 0.348 e. The number of carbonyl (C=O) groups is 2. The summed E-state index contributed by atoms with van der Waals surface area (Å²) < 4.78 is 24.3. The Morgan fingerprint density at radius 2 is 2.08 bits per heavy atom. The van der Waals surface area contributed by atoms with E-state index in [1.807, 2.05) is 0 Å². The van der Waals surface area contributed by atoms with Crippen molar-refractivity contribution in [1.29, 1.82) is 0 Å². The Morgan fingerprint density at radius 1 is 1.36 bits per heavy atom. The minimum absolute atomic E-state index is 0.0226. The minimum Gasteiger partial charge on any atom is -0.478 e. The maximum absolute atomic E-state index is 13.2. The Labute approximate surface area is 145 Å². The molecule has 0 saturated carbocycles. The summed E-state index contributed by atoms with van der Waals surface area (Å²) in [7, 11) is 0. The van der Waals surface area contributed by atoms with Crippen LogP contribution in [0, 0.1) is 18.7 Å². The van der Waals surface area contributed by atoms with Gasteiger partial charge < -0.3 is 19.5 Å². The van der Waals surface area contributed by atoms with Gasteiger partial charge >= 0.3 is 5.97 Å². The molecule has 136 valence electrons. The van der Waals surface area contributed by atoms with Crippen molar-refractivity contribution < 1.29 is 28.6 Å². The highest BCUT2D eigenvalue weighted by atomic mass is 19.1. The van der Waals surface area contributed by atoms with Crippen LogP contribution < -0.4 is 4.74 Å². The maximum Gasteiger partial charge on any atom is 0.348 e. The van der Waals surface area contributed by atoms with Gasteiger partial charge in [-0.15, -0.1) is 0 Å². The number of aryl methyl sites for hydroxylation is 1. The van der Waals surface area contributed by atoms with E-state index in [1.165, 1.54) is 18.2 Å². The molecule has 6 nitrogen and oxygen atoms in total. The van der Waals surface area contributed by atoms with Gasteiger partial charge in [0.15, 0.2) is 0 Å². The number of benzene rings is 1. The largest absolute Gasteiger partial charge is 0.478 e. The highest BCUT2D eigenvalue weighted by molar-refractivity contribution is 5.81. The summed E-state index contributed by atoms with van der Waals surface area (Å²) in [4.78, 5) is 26.0. The zero-order valence-electron chi connectivity index (χ0n) is 14.2. The van der Waals surface area contributed by atoms with E-state index in [-0.39, 0.29) is 24.7 Å². The number of halogens is 1. The lowest BCUT2D eigenvalue weighted by atomic mass is 9.90. The van der Waals surface area contributed by atoms with Crippen LogP contribution in [0.1, 0.15) is 24.8 Å². The second kappa shape index (κ2) is 7.00. The molecule has 0 radical (unpaired) electrons. The first kappa shape index (κ1) is 17.7. The lowest BCUT2D eigenvalue weighted by molar-refractivity contribution is -0.162. The van der Waals surface area contributed by atoms with Gasteiger partial charge in [-0.2, -0.15) is 0 Å². The van der Waals surface area contributed by atoms with Crippen molar-refractivity contribution in [3.05, 3.63) is 29.6 Å². The molecular formula is C18H22FNO5. The number of carboxylic acid groups (broad SMARTS) is 1. The summed E-state index contributed by atoms with van der Waals surface area (Å²) in [6.45, 7) is 3.34. The van der Waals surface area contributed by atoms with E-state index in [4.69, 9.17) is 9.47 Å². The molecule has 1 unspecified atom stereocenters. The van der Waals surface area contributed by atoms with Crippen molar-refractivity contribution in [2.45, 2.75) is 31.8 Å². The number of aliphatic carboxylic acids is 1. The summed E-state index contributed by atoms with van der Waals surface area (Å²) in [6.07, 6.45) is 1.10. The SMILES string of the molecule is Cc1cc(F)ccc1OC1(C(=O)O)CCN(C(=O)C2CCOC2)CC1. The van der Waals surface area contributed by atoms with Gasteiger partial charge in [0.1, 0.15) is 11.6 Å². The van der Waals surface area contributed by atoms with Gasteiger partial charge in [0.2, 0.25) is 11.5 Å². The normalized spacial score (nSPS) is 22.6. The zero-order chi connectivity index (χ0) is 18.0. The molecule has 0 aromatic heterocycles. The number of likely N-dealkylation sites (tertiary alicyclic amines) is 1. The second-order valence-electron chi connectivity index (χ2n) is 6.70. The number of piperidine rings is 1. The van der Waals surface area contributed by atoms with E-state index in [9.17, 15) is 19.1 Å². The molecule has 2 fully saturated rings. The lowest BCUT2D eigenvalue weighted by Gasteiger charge is -2.39. The van der Waals surface area contributed by atoms with E-state index in [0.717, 1.165) is 0 Å².